The first kappa shape index (κ1) is 27.0. The second-order valence-electron chi connectivity index (χ2n) is 8.21. The molecule has 2 aromatic rings. The summed E-state index contributed by atoms with van der Waals surface area (Å²) in [6.07, 6.45) is 6.82. The summed E-state index contributed by atoms with van der Waals surface area (Å²) >= 11 is 6.64. The zero-order chi connectivity index (χ0) is 26.6. The van der Waals surface area contributed by atoms with Gasteiger partial charge in [-0.25, -0.2) is 0 Å². The number of allylic oxidation sites excluding steroid dienone is 4. The maximum absolute atomic E-state index is 12.7. The van der Waals surface area contributed by atoms with E-state index in [4.69, 9.17) is 21.5 Å². The van der Waals surface area contributed by atoms with E-state index in [0.29, 0.717) is 6.54 Å². The average Bonchev–Trinajstić information content (AvgIpc) is 3.20. The molecule has 2 amide bonds. The lowest BCUT2D eigenvalue weighted by molar-refractivity contribution is -0.129. The molecule has 0 saturated carbocycles. The van der Waals surface area contributed by atoms with E-state index >= 15 is 0 Å². The van der Waals surface area contributed by atoms with E-state index in [-0.39, 0.29) is 36.0 Å². The van der Waals surface area contributed by atoms with Crippen LogP contribution < -0.4 is 10.2 Å². The van der Waals surface area contributed by atoms with Crippen molar-refractivity contribution in [1.29, 1.82) is 0 Å². The van der Waals surface area contributed by atoms with Gasteiger partial charge in [0.2, 0.25) is 0 Å². The summed E-state index contributed by atoms with van der Waals surface area (Å²) < 4.78 is 36.6. The molecule has 0 aliphatic carbocycles. The zero-order valence-electron chi connectivity index (χ0n) is 19.9. The molecule has 2 N–H and O–H groups in total. The van der Waals surface area contributed by atoms with E-state index in [9.17, 15) is 18.0 Å². The summed E-state index contributed by atoms with van der Waals surface area (Å²) in [6.45, 7) is 0.878. The Bertz CT molecular complexity index is 1450. The third kappa shape index (κ3) is 6.28. The Morgan fingerprint density at radius 2 is 1.84 bits per heavy atom. The van der Waals surface area contributed by atoms with Crippen molar-refractivity contribution in [1.82, 2.24) is 10.2 Å². The molecular formula is C25H25N3O6S3. The fourth-order valence-electron chi connectivity index (χ4n) is 3.98. The maximum atomic E-state index is 12.7. The van der Waals surface area contributed by atoms with Crippen molar-refractivity contribution in [2.24, 2.45) is 0 Å². The van der Waals surface area contributed by atoms with Crippen LogP contribution in [0.4, 0.5) is 5.69 Å². The van der Waals surface area contributed by atoms with Gasteiger partial charge in [-0.05, 0) is 47.6 Å². The molecule has 37 heavy (non-hydrogen) atoms. The van der Waals surface area contributed by atoms with Crippen LogP contribution in [-0.2, 0) is 24.4 Å². The van der Waals surface area contributed by atoms with E-state index in [2.05, 4.69) is 5.32 Å². The molecule has 0 atom stereocenters. The fraction of sp³-hybridized carbons (Fsp3) is 0.240. The van der Waals surface area contributed by atoms with Crippen LogP contribution in [0.25, 0.3) is 10.8 Å². The quantitative estimate of drug-likeness (QED) is 0.207. The lowest BCUT2D eigenvalue weighted by Crippen LogP contribution is -2.54. The second-order valence-corrected chi connectivity index (χ2v) is 11.2. The van der Waals surface area contributed by atoms with Gasteiger partial charge in [-0.1, -0.05) is 54.2 Å². The summed E-state index contributed by atoms with van der Waals surface area (Å²) in [7, 11) is -2.56. The molecule has 4 rings (SSSR count). The number of thiocarbonyl (C=S) groups is 1. The van der Waals surface area contributed by atoms with Crippen molar-refractivity contribution < 1.29 is 27.3 Å². The molecule has 1 fully saturated rings. The third-order valence-corrected chi connectivity index (χ3v) is 8.05. The Balaban J connectivity index is 1.59. The number of nitrogens with zero attached hydrogens (tertiary/aromatic N) is 2. The highest BCUT2D eigenvalue weighted by atomic mass is 32.2. The number of nitrogens with one attached hydrogen (secondary N) is 1. The highest BCUT2D eigenvalue weighted by Gasteiger charge is 2.32. The molecule has 0 unspecified atom stereocenters. The molecule has 0 radical (unpaired) electrons. The molecule has 2 aromatic carbocycles. The standard InChI is InChI=1S/C25H25N3O6S3/c1-34-15-14-28-24(30)19(23(29)26-25(28)35)9-4-5-10-21-27(13-6-16-37(31,32)33)20-12-11-17-7-2-3-8-18(17)22(20)36-21/h2-5,7-12H,6,13-16H2,1H3,(H,26,29,35)(H,31,32,33)/b5-4+,19-9-,21-10+. The lowest BCUT2D eigenvalue weighted by atomic mass is 10.1. The minimum Gasteiger partial charge on any atom is -0.383 e. The molecule has 12 heteroatoms. The van der Waals surface area contributed by atoms with Crippen LogP contribution in [0.2, 0.25) is 0 Å². The van der Waals surface area contributed by atoms with E-state index in [1.54, 1.807) is 23.9 Å². The number of fused-ring (bicyclic) bond motifs is 3. The van der Waals surface area contributed by atoms with Gasteiger partial charge in [0.15, 0.2) is 5.11 Å². The molecule has 0 spiro atoms. The predicted octanol–water partition coefficient (Wildman–Crippen LogP) is 3.24. The van der Waals surface area contributed by atoms with Gasteiger partial charge in [-0.15, -0.1) is 0 Å². The normalized spacial score (nSPS) is 18.5. The number of carbonyl (C=O) groups is 2. The second kappa shape index (κ2) is 11.6. The van der Waals surface area contributed by atoms with Gasteiger partial charge in [-0.2, -0.15) is 8.42 Å². The zero-order valence-corrected chi connectivity index (χ0v) is 22.4. The van der Waals surface area contributed by atoms with Crippen molar-refractivity contribution in [3.05, 3.63) is 71.3 Å². The summed E-state index contributed by atoms with van der Waals surface area (Å²) in [6, 6.07) is 12.0. The molecule has 1 saturated heterocycles. The number of rotatable bonds is 9. The first-order valence-electron chi connectivity index (χ1n) is 11.4. The number of thioether (sulfide) groups is 1. The molecule has 2 aliphatic heterocycles. The summed E-state index contributed by atoms with van der Waals surface area (Å²) in [5.74, 6) is -1.41. The number of methoxy groups -OCH3 is 1. The van der Waals surface area contributed by atoms with Gasteiger partial charge in [0, 0.05) is 18.6 Å². The van der Waals surface area contributed by atoms with E-state index in [1.807, 2.05) is 47.4 Å². The van der Waals surface area contributed by atoms with Crippen molar-refractivity contribution >= 4 is 67.5 Å². The van der Waals surface area contributed by atoms with E-state index < -0.39 is 21.9 Å². The van der Waals surface area contributed by atoms with Gasteiger partial charge in [0.05, 0.1) is 29.6 Å². The molecule has 0 bridgehead atoms. The van der Waals surface area contributed by atoms with Gasteiger partial charge in [-0.3, -0.25) is 24.4 Å². The number of hydrogen-bond acceptors (Lipinski definition) is 8. The first-order valence-corrected chi connectivity index (χ1v) is 14.2. The number of benzene rings is 2. The Kier molecular flexibility index (Phi) is 8.45. The van der Waals surface area contributed by atoms with Gasteiger partial charge in [0.1, 0.15) is 5.57 Å². The van der Waals surface area contributed by atoms with Crippen molar-refractivity contribution in [3.8, 4) is 0 Å². The molecule has 194 valence electrons. The number of hydrogen-bond donors (Lipinski definition) is 2. The number of anilines is 1. The van der Waals surface area contributed by atoms with Gasteiger partial charge >= 0.3 is 0 Å². The average molecular weight is 560 g/mol. The maximum Gasteiger partial charge on any atom is 0.265 e. The predicted molar refractivity (Wildman–Crippen MR) is 148 cm³/mol. The molecule has 9 nitrogen and oxygen atoms in total. The topological polar surface area (TPSA) is 116 Å². The van der Waals surface area contributed by atoms with E-state index in [0.717, 1.165) is 26.4 Å². The minimum atomic E-state index is -4.07. The lowest BCUT2D eigenvalue weighted by Gasteiger charge is -2.28. The van der Waals surface area contributed by atoms with Gasteiger partial charge < -0.3 is 9.64 Å². The minimum absolute atomic E-state index is 0.0438. The SMILES string of the molecule is COCCN1C(=O)\C(=C/C=C/C=C2/Sc3c(ccc4ccccc34)N2CCCS(=O)(=O)O)C(=O)NC1=S. The summed E-state index contributed by atoms with van der Waals surface area (Å²) in [5.41, 5.74) is 0.902. The Hall–Kier alpha value is -3.03. The van der Waals surface area contributed by atoms with Crippen LogP contribution in [0.1, 0.15) is 6.42 Å². The van der Waals surface area contributed by atoms with Gasteiger partial charge in [0.25, 0.3) is 21.9 Å². The van der Waals surface area contributed by atoms with Crippen molar-refractivity contribution in [2.45, 2.75) is 11.3 Å². The number of amides is 2. The van der Waals surface area contributed by atoms with E-state index in [1.165, 1.54) is 18.1 Å². The first-order chi connectivity index (χ1) is 17.7. The molecule has 0 aromatic heterocycles. The van der Waals surface area contributed by atoms with Crippen LogP contribution in [0.3, 0.4) is 0 Å². The molecule has 2 heterocycles. The molecule has 2 aliphatic rings. The van der Waals surface area contributed by atoms with Crippen molar-refractivity contribution in [3.63, 3.8) is 0 Å². The smallest absolute Gasteiger partial charge is 0.265 e. The Morgan fingerprint density at radius 3 is 2.59 bits per heavy atom. The Labute approximate surface area is 224 Å². The summed E-state index contributed by atoms with van der Waals surface area (Å²) in [4.78, 5) is 29.4. The fourth-order valence-corrected chi connectivity index (χ4v) is 5.97. The third-order valence-electron chi connectivity index (χ3n) is 5.72. The summed E-state index contributed by atoms with van der Waals surface area (Å²) in [5, 5.41) is 5.57. The van der Waals surface area contributed by atoms with Crippen LogP contribution in [-0.4, -0.2) is 67.4 Å². The highest BCUT2D eigenvalue weighted by Crippen LogP contribution is 2.49. The van der Waals surface area contributed by atoms with Crippen LogP contribution in [0, 0.1) is 0 Å². The van der Waals surface area contributed by atoms with Crippen LogP contribution in [0.15, 0.2) is 76.2 Å². The van der Waals surface area contributed by atoms with Crippen LogP contribution >= 0.6 is 24.0 Å². The highest BCUT2D eigenvalue weighted by molar-refractivity contribution is 8.04. The van der Waals surface area contributed by atoms with Crippen LogP contribution in [0.5, 0.6) is 0 Å². The Morgan fingerprint density at radius 1 is 1.08 bits per heavy atom. The number of carbonyl (C=O) groups excluding carboxylic acids is 2. The number of ether oxygens (including phenoxy) is 1. The largest absolute Gasteiger partial charge is 0.383 e. The van der Waals surface area contributed by atoms with Crippen molar-refractivity contribution in [2.75, 3.05) is 37.5 Å². The molecular weight excluding hydrogens is 534 g/mol. The monoisotopic (exact) mass is 559 g/mol.